The second-order valence-electron chi connectivity index (χ2n) is 5.45. The highest BCUT2D eigenvalue weighted by molar-refractivity contribution is 5.99. The zero-order valence-electron chi connectivity index (χ0n) is 10.1. The molecule has 0 bridgehead atoms. The lowest BCUT2D eigenvalue weighted by Gasteiger charge is -2.41. The third kappa shape index (κ3) is 2.13. The smallest absolute Gasteiger partial charge is 0.246 e. The zero-order chi connectivity index (χ0) is 11.9. The van der Waals surface area contributed by atoms with Gasteiger partial charge in [-0.15, -0.1) is 0 Å². The second-order valence-corrected chi connectivity index (χ2v) is 5.45. The van der Waals surface area contributed by atoms with E-state index in [1.54, 1.807) is 6.92 Å². The lowest BCUT2D eigenvalue weighted by molar-refractivity contribution is -0.143. The van der Waals surface area contributed by atoms with Gasteiger partial charge in [-0.1, -0.05) is 27.7 Å². The third-order valence-electron chi connectivity index (χ3n) is 3.01. The van der Waals surface area contributed by atoms with Crippen molar-refractivity contribution < 1.29 is 9.59 Å². The summed E-state index contributed by atoms with van der Waals surface area (Å²) < 4.78 is 0. The normalized spacial score (nSPS) is 32.2. The largest absolute Gasteiger partial charge is 0.342 e. The molecule has 0 aliphatic carbocycles. The maximum Gasteiger partial charge on any atom is 0.246 e. The number of hydrogen-bond acceptors (Lipinski definition) is 2. The molecule has 2 atom stereocenters. The summed E-state index contributed by atoms with van der Waals surface area (Å²) in [6, 6.07) is -0.440. The molecule has 4 heteroatoms. The van der Waals surface area contributed by atoms with Gasteiger partial charge in [-0.25, -0.2) is 0 Å². The number of rotatable bonds is 1. The Bertz CT molecular complexity index is 293. The van der Waals surface area contributed by atoms with Crippen molar-refractivity contribution in [2.75, 3.05) is 0 Å². The first kappa shape index (κ1) is 12.0. The van der Waals surface area contributed by atoms with Crippen LogP contribution in [0.2, 0.25) is 0 Å². The molecule has 0 spiro atoms. The Balaban J connectivity index is 2.90. The molecule has 0 radical (unpaired) electrons. The van der Waals surface area contributed by atoms with Crippen molar-refractivity contribution in [2.24, 2.45) is 5.41 Å². The van der Waals surface area contributed by atoms with Crippen LogP contribution < -0.4 is 10.6 Å². The van der Waals surface area contributed by atoms with Crippen LogP contribution >= 0.6 is 0 Å². The minimum absolute atomic E-state index is 0.0912. The molecular formula is C11H20N2O2. The van der Waals surface area contributed by atoms with Crippen LogP contribution in [0.15, 0.2) is 0 Å². The summed E-state index contributed by atoms with van der Waals surface area (Å²) in [6.45, 7) is 9.45. The van der Waals surface area contributed by atoms with Crippen LogP contribution in [0.25, 0.3) is 0 Å². The average Bonchev–Trinajstić information content (AvgIpc) is 2.09. The molecule has 1 aliphatic heterocycles. The van der Waals surface area contributed by atoms with E-state index in [9.17, 15) is 9.59 Å². The summed E-state index contributed by atoms with van der Waals surface area (Å²) in [4.78, 5) is 23.7. The first-order valence-electron chi connectivity index (χ1n) is 5.33. The highest BCUT2D eigenvalue weighted by atomic mass is 16.2. The minimum atomic E-state index is -0.751. The van der Waals surface area contributed by atoms with Gasteiger partial charge >= 0.3 is 0 Å². The van der Waals surface area contributed by atoms with E-state index in [4.69, 9.17) is 0 Å². The summed E-state index contributed by atoms with van der Waals surface area (Å²) in [5.41, 5.74) is -1.01. The van der Waals surface area contributed by atoms with Crippen molar-refractivity contribution in [2.45, 2.75) is 52.6 Å². The fourth-order valence-corrected chi connectivity index (χ4v) is 1.62. The maximum atomic E-state index is 11.8. The molecular weight excluding hydrogens is 192 g/mol. The highest BCUT2D eigenvalue weighted by Gasteiger charge is 2.45. The van der Waals surface area contributed by atoms with E-state index < -0.39 is 11.6 Å². The van der Waals surface area contributed by atoms with Crippen LogP contribution in [0.4, 0.5) is 0 Å². The molecule has 1 aliphatic rings. The molecule has 86 valence electrons. The number of carbonyl (C=O) groups excluding carboxylic acids is 2. The van der Waals surface area contributed by atoms with E-state index in [0.717, 1.165) is 0 Å². The number of amides is 2. The monoisotopic (exact) mass is 212 g/mol. The van der Waals surface area contributed by atoms with Gasteiger partial charge in [0.25, 0.3) is 0 Å². The molecule has 0 aromatic heterocycles. The molecule has 0 aromatic rings. The standard InChI is InChI=1S/C11H20N2O2/c1-6-11(5)9(15)12-7(8(14)13-11)10(2,3)4/h7H,6H2,1-5H3,(H,12,15)(H,13,14). The number of piperazine rings is 1. The molecule has 2 N–H and O–H groups in total. The molecule has 2 unspecified atom stereocenters. The van der Waals surface area contributed by atoms with Gasteiger partial charge in [0, 0.05) is 0 Å². The van der Waals surface area contributed by atoms with E-state index >= 15 is 0 Å². The first-order valence-corrected chi connectivity index (χ1v) is 5.33. The molecule has 4 nitrogen and oxygen atoms in total. The third-order valence-corrected chi connectivity index (χ3v) is 3.01. The Morgan fingerprint density at radius 2 is 1.87 bits per heavy atom. The van der Waals surface area contributed by atoms with Gasteiger partial charge in [0.15, 0.2) is 0 Å². The Morgan fingerprint density at radius 1 is 1.33 bits per heavy atom. The van der Waals surface area contributed by atoms with Crippen molar-refractivity contribution >= 4 is 11.8 Å². The lowest BCUT2D eigenvalue weighted by atomic mass is 9.82. The molecule has 0 saturated carbocycles. The number of hydrogen-bond donors (Lipinski definition) is 2. The van der Waals surface area contributed by atoms with Crippen molar-refractivity contribution in [3.8, 4) is 0 Å². The lowest BCUT2D eigenvalue weighted by Crippen LogP contribution is -2.70. The van der Waals surface area contributed by atoms with Crippen LogP contribution in [-0.4, -0.2) is 23.4 Å². The molecule has 1 heterocycles. The summed E-state index contributed by atoms with van der Waals surface area (Å²) >= 11 is 0. The van der Waals surface area contributed by atoms with Gasteiger partial charge in [0.2, 0.25) is 11.8 Å². The summed E-state index contributed by atoms with van der Waals surface area (Å²) in [5.74, 6) is -0.184. The van der Waals surface area contributed by atoms with Gasteiger partial charge in [-0.05, 0) is 18.8 Å². The Morgan fingerprint density at radius 3 is 2.27 bits per heavy atom. The topological polar surface area (TPSA) is 58.2 Å². The van der Waals surface area contributed by atoms with Crippen LogP contribution in [0.3, 0.4) is 0 Å². The fourth-order valence-electron chi connectivity index (χ4n) is 1.62. The zero-order valence-corrected chi connectivity index (χ0v) is 10.1. The van der Waals surface area contributed by atoms with Gasteiger partial charge in [-0.2, -0.15) is 0 Å². The van der Waals surface area contributed by atoms with Crippen molar-refractivity contribution in [1.29, 1.82) is 0 Å². The number of carbonyl (C=O) groups is 2. The van der Waals surface area contributed by atoms with Gasteiger partial charge in [-0.3, -0.25) is 9.59 Å². The fraction of sp³-hybridized carbons (Fsp3) is 0.818. The van der Waals surface area contributed by atoms with Crippen LogP contribution in [-0.2, 0) is 9.59 Å². The maximum absolute atomic E-state index is 11.8. The van der Waals surface area contributed by atoms with Gasteiger partial charge in [0.05, 0.1) is 0 Å². The van der Waals surface area contributed by atoms with E-state index in [-0.39, 0.29) is 17.2 Å². The van der Waals surface area contributed by atoms with Crippen molar-refractivity contribution in [3.63, 3.8) is 0 Å². The molecule has 1 saturated heterocycles. The SMILES string of the molecule is CCC1(C)NC(=O)C(C(C)(C)C)NC1=O. The molecule has 1 fully saturated rings. The van der Waals surface area contributed by atoms with E-state index in [1.807, 2.05) is 27.7 Å². The van der Waals surface area contributed by atoms with Crippen LogP contribution in [0.5, 0.6) is 0 Å². The first-order chi connectivity index (χ1) is 6.70. The van der Waals surface area contributed by atoms with E-state index in [0.29, 0.717) is 6.42 Å². The Kier molecular flexibility index (Phi) is 2.81. The average molecular weight is 212 g/mol. The summed E-state index contributed by atoms with van der Waals surface area (Å²) in [7, 11) is 0. The minimum Gasteiger partial charge on any atom is -0.342 e. The van der Waals surface area contributed by atoms with Crippen molar-refractivity contribution in [1.82, 2.24) is 10.6 Å². The Hall–Kier alpha value is -1.06. The van der Waals surface area contributed by atoms with E-state index in [2.05, 4.69) is 10.6 Å². The van der Waals surface area contributed by atoms with E-state index in [1.165, 1.54) is 0 Å². The predicted octanol–water partition coefficient (Wildman–Crippen LogP) is 0.816. The van der Waals surface area contributed by atoms with Gasteiger partial charge in [0.1, 0.15) is 11.6 Å². The molecule has 0 aromatic carbocycles. The van der Waals surface area contributed by atoms with Gasteiger partial charge < -0.3 is 10.6 Å². The predicted molar refractivity (Wildman–Crippen MR) is 58.2 cm³/mol. The quantitative estimate of drug-likeness (QED) is 0.676. The van der Waals surface area contributed by atoms with Crippen LogP contribution in [0, 0.1) is 5.41 Å². The molecule has 15 heavy (non-hydrogen) atoms. The summed E-state index contributed by atoms with van der Waals surface area (Å²) in [6.07, 6.45) is 0.599. The Labute approximate surface area is 90.8 Å². The van der Waals surface area contributed by atoms with Crippen molar-refractivity contribution in [3.05, 3.63) is 0 Å². The number of nitrogens with one attached hydrogen (secondary N) is 2. The van der Waals surface area contributed by atoms with Crippen LogP contribution in [0.1, 0.15) is 41.0 Å². The second kappa shape index (κ2) is 3.51. The molecule has 2 amide bonds. The highest BCUT2D eigenvalue weighted by Crippen LogP contribution is 2.24. The molecule has 1 rings (SSSR count). The summed E-state index contributed by atoms with van der Waals surface area (Å²) in [5, 5.41) is 5.59.